The molecule has 0 spiro atoms. The molecule has 1 aliphatic heterocycles. The van der Waals surface area contributed by atoms with Gasteiger partial charge in [-0.2, -0.15) is 0 Å². The Labute approximate surface area is 150 Å². The highest BCUT2D eigenvalue weighted by Gasteiger charge is 2.60. The molecule has 0 aromatic heterocycles. The Morgan fingerprint density at radius 3 is 2.24 bits per heavy atom. The molecule has 5 unspecified atom stereocenters. The summed E-state index contributed by atoms with van der Waals surface area (Å²) in [6.45, 7) is 5.99. The first-order valence-electron chi connectivity index (χ1n) is 8.02. The highest BCUT2D eigenvalue weighted by Crippen LogP contribution is 2.36. The van der Waals surface area contributed by atoms with Crippen LogP contribution in [0.3, 0.4) is 0 Å². The van der Waals surface area contributed by atoms with Crippen molar-refractivity contribution in [2.45, 2.75) is 51.9 Å². The molecule has 1 rings (SSSR count). The molecule has 25 heavy (non-hydrogen) atoms. The number of thioether (sulfide) groups is 1. The molecule has 0 bridgehead atoms. The Hall–Kier alpha value is -1.45. The van der Waals surface area contributed by atoms with Crippen molar-refractivity contribution < 1.29 is 34.5 Å². The van der Waals surface area contributed by atoms with E-state index in [1.165, 1.54) is 13.8 Å². The summed E-state index contributed by atoms with van der Waals surface area (Å²) >= 11 is 0.598. The number of carbonyl (C=O) groups excluding carboxylic acids is 3. The third kappa shape index (κ3) is 4.39. The first-order valence-corrected chi connectivity index (χ1v) is 9.01. The maximum atomic E-state index is 12.8. The summed E-state index contributed by atoms with van der Waals surface area (Å²) in [4.78, 5) is 47.1. The molecule has 1 saturated heterocycles. The molecule has 0 aliphatic carbocycles. The van der Waals surface area contributed by atoms with Crippen LogP contribution in [0.5, 0.6) is 0 Å². The molecule has 142 valence electrons. The minimum absolute atomic E-state index is 0.197. The number of aliphatic hydroxyl groups is 2. The largest absolute Gasteiger partial charge is 0.481 e. The summed E-state index contributed by atoms with van der Waals surface area (Å²) in [6.07, 6.45) is -3.00. The predicted molar refractivity (Wildman–Crippen MR) is 90.8 cm³/mol. The molecule has 1 aliphatic rings. The van der Waals surface area contributed by atoms with E-state index in [0.717, 1.165) is 0 Å². The summed E-state index contributed by atoms with van der Waals surface area (Å²) < 4.78 is 0. The van der Waals surface area contributed by atoms with E-state index in [1.807, 2.05) is 0 Å². The fourth-order valence-corrected chi connectivity index (χ4v) is 4.00. The van der Waals surface area contributed by atoms with Crippen LogP contribution >= 0.6 is 11.8 Å². The molecule has 1 amide bonds. The molecular formula is C16H25NO7S. The number of amides is 1. The highest BCUT2D eigenvalue weighted by molar-refractivity contribution is 8.13. The van der Waals surface area contributed by atoms with Crippen molar-refractivity contribution in [3.05, 3.63) is 0 Å². The fraction of sp³-hybridized carbons (Fsp3) is 0.750. The number of aliphatic hydroxyl groups excluding tert-OH is 2. The molecule has 1 heterocycles. The van der Waals surface area contributed by atoms with Crippen molar-refractivity contribution in [2.24, 2.45) is 17.8 Å². The van der Waals surface area contributed by atoms with Gasteiger partial charge in [0.1, 0.15) is 5.78 Å². The zero-order valence-corrected chi connectivity index (χ0v) is 15.5. The number of Topliss-reactive ketones (excluding diaryl/α,β-unsaturated/α-hetero) is 1. The number of nitrogens with one attached hydrogen (secondary N) is 1. The zero-order chi connectivity index (χ0) is 19.5. The summed E-state index contributed by atoms with van der Waals surface area (Å²) in [5.74, 6) is -4.66. The van der Waals surface area contributed by atoms with Crippen LogP contribution in [0.4, 0.5) is 0 Å². The number of carbonyl (C=O) groups is 4. The van der Waals surface area contributed by atoms with Crippen LogP contribution < -0.4 is 5.32 Å². The molecule has 1 fully saturated rings. The van der Waals surface area contributed by atoms with Gasteiger partial charge in [0.2, 0.25) is 11.0 Å². The van der Waals surface area contributed by atoms with E-state index in [1.54, 1.807) is 13.8 Å². The van der Waals surface area contributed by atoms with E-state index >= 15 is 0 Å². The maximum Gasteiger partial charge on any atom is 0.307 e. The van der Waals surface area contributed by atoms with E-state index < -0.39 is 52.5 Å². The van der Waals surface area contributed by atoms with E-state index in [0.29, 0.717) is 11.8 Å². The summed E-state index contributed by atoms with van der Waals surface area (Å²) in [5.41, 5.74) is -1.89. The SMILES string of the molecule is CC(=O)CC(CSC(=O)C1(C(O)C(C)C)NC(=O)C(C)C1O)C(=O)O. The van der Waals surface area contributed by atoms with Crippen LogP contribution in [0.1, 0.15) is 34.1 Å². The third-order valence-electron chi connectivity index (χ3n) is 4.42. The van der Waals surface area contributed by atoms with Crippen LogP contribution in [0.15, 0.2) is 0 Å². The summed E-state index contributed by atoms with van der Waals surface area (Å²) in [7, 11) is 0. The molecule has 5 atom stereocenters. The summed E-state index contributed by atoms with van der Waals surface area (Å²) in [6, 6.07) is 0. The molecule has 0 aromatic rings. The van der Waals surface area contributed by atoms with Gasteiger partial charge >= 0.3 is 5.97 Å². The van der Waals surface area contributed by atoms with E-state index in [-0.39, 0.29) is 18.0 Å². The van der Waals surface area contributed by atoms with Gasteiger partial charge in [-0.05, 0) is 12.8 Å². The van der Waals surface area contributed by atoms with E-state index in [2.05, 4.69) is 5.32 Å². The molecule has 8 nitrogen and oxygen atoms in total. The maximum absolute atomic E-state index is 12.8. The number of carboxylic acid groups (broad SMARTS) is 1. The predicted octanol–water partition coefficient (Wildman–Crippen LogP) is -0.191. The first kappa shape index (κ1) is 21.6. The minimum atomic E-state index is -1.89. The molecule has 0 radical (unpaired) electrons. The third-order valence-corrected chi connectivity index (χ3v) is 5.59. The van der Waals surface area contributed by atoms with Crippen molar-refractivity contribution in [3.8, 4) is 0 Å². The second kappa shape index (κ2) is 8.29. The minimum Gasteiger partial charge on any atom is -0.481 e. The average Bonchev–Trinajstić information content (AvgIpc) is 2.74. The quantitative estimate of drug-likeness (QED) is 0.457. The number of ketones is 1. The van der Waals surface area contributed by atoms with Gasteiger partial charge in [0, 0.05) is 12.2 Å². The van der Waals surface area contributed by atoms with Crippen LogP contribution in [-0.2, 0) is 19.2 Å². The molecular weight excluding hydrogens is 350 g/mol. The number of rotatable bonds is 8. The van der Waals surface area contributed by atoms with Crippen LogP contribution in [0, 0.1) is 17.8 Å². The van der Waals surface area contributed by atoms with Gasteiger partial charge in [0.15, 0.2) is 5.54 Å². The fourth-order valence-electron chi connectivity index (χ4n) is 2.86. The van der Waals surface area contributed by atoms with E-state index in [9.17, 15) is 29.4 Å². The van der Waals surface area contributed by atoms with Crippen molar-refractivity contribution >= 4 is 34.5 Å². The van der Waals surface area contributed by atoms with Gasteiger partial charge in [-0.15, -0.1) is 0 Å². The Balaban J connectivity index is 3.04. The first-order chi connectivity index (χ1) is 11.4. The van der Waals surface area contributed by atoms with E-state index in [4.69, 9.17) is 5.11 Å². The molecule has 9 heteroatoms. The van der Waals surface area contributed by atoms with Gasteiger partial charge in [-0.3, -0.25) is 14.4 Å². The lowest BCUT2D eigenvalue weighted by Crippen LogP contribution is -2.64. The number of aliphatic carboxylic acids is 1. The van der Waals surface area contributed by atoms with Crippen LogP contribution in [-0.4, -0.2) is 61.6 Å². The van der Waals surface area contributed by atoms with Gasteiger partial charge < -0.3 is 25.4 Å². The summed E-state index contributed by atoms with van der Waals surface area (Å²) in [5, 5.41) is 31.8. The molecule has 0 saturated carbocycles. The van der Waals surface area contributed by atoms with Gasteiger partial charge in [-0.1, -0.05) is 32.5 Å². The van der Waals surface area contributed by atoms with Crippen LogP contribution in [0.25, 0.3) is 0 Å². The highest BCUT2D eigenvalue weighted by atomic mass is 32.2. The van der Waals surface area contributed by atoms with Gasteiger partial charge in [-0.25, -0.2) is 0 Å². The standard InChI is InChI=1S/C16H25NO7S/c1-7(2)11(19)16(12(20)9(4)13(21)17-16)15(24)25-6-10(14(22)23)5-8(3)18/h7,9-12,19-20H,5-6H2,1-4H3,(H,17,21)(H,22,23). The monoisotopic (exact) mass is 375 g/mol. The lowest BCUT2D eigenvalue weighted by atomic mass is 9.81. The van der Waals surface area contributed by atoms with Gasteiger partial charge in [0.05, 0.1) is 24.0 Å². The Bertz CT molecular complexity index is 565. The van der Waals surface area contributed by atoms with Gasteiger partial charge in [0.25, 0.3) is 0 Å². The van der Waals surface area contributed by atoms with Crippen molar-refractivity contribution in [1.29, 1.82) is 0 Å². The number of hydrogen-bond acceptors (Lipinski definition) is 7. The Kier molecular flexibility index (Phi) is 7.16. The molecule has 4 N–H and O–H groups in total. The van der Waals surface area contributed by atoms with Crippen molar-refractivity contribution in [3.63, 3.8) is 0 Å². The normalized spacial score (nSPS) is 28.5. The topological polar surface area (TPSA) is 141 Å². The zero-order valence-electron chi connectivity index (χ0n) is 14.7. The van der Waals surface area contributed by atoms with Crippen molar-refractivity contribution in [1.82, 2.24) is 5.32 Å². The van der Waals surface area contributed by atoms with Crippen molar-refractivity contribution in [2.75, 3.05) is 5.75 Å². The Morgan fingerprint density at radius 1 is 1.32 bits per heavy atom. The second-order valence-corrected chi connectivity index (χ2v) is 7.81. The molecule has 0 aromatic carbocycles. The number of carboxylic acids is 1. The smallest absolute Gasteiger partial charge is 0.307 e. The lowest BCUT2D eigenvalue weighted by Gasteiger charge is -2.37. The second-order valence-electron chi connectivity index (χ2n) is 6.82. The van der Waals surface area contributed by atoms with Crippen LogP contribution in [0.2, 0.25) is 0 Å². The average molecular weight is 375 g/mol. The number of hydrogen-bond donors (Lipinski definition) is 4. The lowest BCUT2D eigenvalue weighted by molar-refractivity contribution is -0.142. The Morgan fingerprint density at radius 2 is 1.88 bits per heavy atom.